The number of aryl methyl sites for hydroxylation is 1. The van der Waals surface area contributed by atoms with Gasteiger partial charge in [-0.1, -0.05) is 17.7 Å². The van der Waals surface area contributed by atoms with Crippen LogP contribution in [0.5, 0.6) is 5.75 Å². The fourth-order valence-corrected chi connectivity index (χ4v) is 2.79. The summed E-state index contributed by atoms with van der Waals surface area (Å²) in [4.78, 5) is 14.3. The summed E-state index contributed by atoms with van der Waals surface area (Å²) in [6, 6.07) is 5.89. The molecular weight excluding hydrogens is 280 g/mol. The molecule has 1 N–H and O–H groups in total. The van der Waals surface area contributed by atoms with Crippen LogP contribution in [0, 0.1) is 6.92 Å². The van der Waals surface area contributed by atoms with E-state index in [0.717, 1.165) is 11.3 Å². The zero-order valence-electron chi connectivity index (χ0n) is 13.9. The minimum atomic E-state index is -0.238. The zero-order chi connectivity index (χ0) is 16.1. The number of carbonyl (C=O) groups is 1. The van der Waals surface area contributed by atoms with E-state index in [-0.39, 0.29) is 18.0 Å². The van der Waals surface area contributed by atoms with Gasteiger partial charge in [-0.3, -0.25) is 10.1 Å². The standard InChI is InChI=1S/C17H26N2O3/c1-12-5-6-16(21-4)15(11-12)13(2)18-14(3)17(20)19-7-9-22-10-8-19/h5-6,11,13-14,18H,7-10H2,1-4H3/t13-,14+/m0/s1. The fourth-order valence-electron chi connectivity index (χ4n) is 2.79. The third-order valence-electron chi connectivity index (χ3n) is 4.04. The number of hydrogen-bond acceptors (Lipinski definition) is 4. The molecule has 2 atom stereocenters. The lowest BCUT2D eigenvalue weighted by molar-refractivity contribution is -0.137. The maximum absolute atomic E-state index is 12.5. The first kappa shape index (κ1) is 16.8. The molecule has 1 heterocycles. The third-order valence-corrected chi connectivity index (χ3v) is 4.04. The van der Waals surface area contributed by atoms with Crippen LogP contribution in [0.3, 0.4) is 0 Å². The van der Waals surface area contributed by atoms with E-state index in [1.807, 2.05) is 24.0 Å². The second-order valence-corrected chi connectivity index (χ2v) is 5.79. The number of hydrogen-bond donors (Lipinski definition) is 1. The van der Waals surface area contributed by atoms with Crippen LogP contribution >= 0.6 is 0 Å². The van der Waals surface area contributed by atoms with E-state index in [0.29, 0.717) is 26.3 Å². The summed E-state index contributed by atoms with van der Waals surface area (Å²) in [7, 11) is 1.67. The molecule has 1 aromatic rings. The van der Waals surface area contributed by atoms with E-state index >= 15 is 0 Å². The fraction of sp³-hybridized carbons (Fsp3) is 0.588. The Labute approximate surface area is 132 Å². The summed E-state index contributed by atoms with van der Waals surface area (Å²) < 4.78 is 10.7. The Morgan fingerprint density at radius 2 is 2.00 bits per heavy atom. The normalized spacial score (nSPS) is 17.9. The number of carbonyl (C=O) groups excluding carboxylic acids is 1. The monoisotopic (exact) mass is 306 g/mol. The SMILES string of the molecule is COc1ccc(C)cc1[C@H](C)N[C@H](C)C(=O)N1CCOCC1. The van der Waals surface area contributed by atoms with Gasteiger partial charge in [-0.15, -0.1) is 0 Å². The number of ether oxygens (including phenoxy) is 2. The number of nitrogens with zero attached hydrogens (tertiary/aromatic N) is 1. The molecule has 1 aliphatic rings. The molecular formula is C17H26N2O3. The lowest BCUT2D eigenvalue weighted by Gasteiger charge is -2.31. The van der Waals surface area contributed by atoms with E-state index in [2.05, 4.69) is 25.2 Å². The second kappa shape index (κ2) is 7.61. The molecule has 2 rings (SSSR count). The first-order valence-electron chi connectivity index (χ1n) is 7.80. The highest BCUT2D eigenvalue weighted by Gasteiger charge is 2.24. The highest BCUT2D eigenvalue weighted by atomic mass is 16.5. The maximum Gasteiger partial charge on any atom is 0.239 e. The van der Waals surface area contributed by atoms with Crippen LogP contribution in [0.1, 0.15) is 31.0 Å². The Bertz CT molecular complexity index is 513. The molecule has 5 heteroatoms. The average molecular weight is 306 g/mol. The van der Waals surface area contributed by atoms with E-state index in [1.54, 1.807) is 7.11 Å². The maximum atomic E-state index is 12.5. The van der Waals surface area contributed by atoms with Gasteiger partial charge in [0.25, 0.3) is 0 Å². The first-order valence-corrected chi connectivity index (χ1v) is 7.80. The molecule has 0 aromatic heterocycles. The molecule has 22 heavy (non-hydrogen) atoms. The van der Waals surface area contributed by atoms with Crippen molar-refractivity contribution < 1.29 is 14.3 Å². The molecule has 0 radical (unpaired) electrons. The first-order chi connectivity index (χ1) is 10.5. The Morgan fingerprint density at radius 1 is 1.32 bits per heavy atom. The van der Waals surface area contributed by atoms with Gasteiger partial charge in [0.2, 0.25) is 5.91 Å². The van der Waals surface area contributed by atoms with Crippen LogP contribution in [-0.4, -0.2) is 50.3 Å². The van der Waals surface area contributed by atoms with Gasteiger partial charge < -0.3 is 14.4 Å². The Balaban J connectivity index is 2.02. The van der Waals surface area contributed by atoms with Crippen LogP contribution in [0.15, 0.2) is 18.2 Å². The summed E-state index contributed by atoms with van der Waals surface area (Å²) >= 11 is 0. The predicted octanol–water partition coefficient (Wildman–Crippen LogP) is 1.90. The van der Waals surface area contributed by atoms with Crippen molar-refractivity contribution in [3.63, 3.8) is 0 Å². The van der Waals surface area contributed by atoms with Crippen molar-refractivity contribution in [1.82, 2.24) is 10.2 Å². The van der Waals surface area contributed by atoms with Crippen molar-refractivity contribution in [1.29, 1.82) is 0 Å². The largest absolute Gasteiger partial charge is 0.496 e. The Hall–Kier alpha value is -1.59. The number of amides is 1. The molecule has 0 unspecified atom stereocenters. The van der Waals surface area contributed by atoms with Crippen LogP contribution in [0.2, 0.25) is 0 Å². The van der Waals surface area contributed by atoms with Crippen molar-refractivity contribution in [2.24, 2.45) is 0 Å². The van der Waals surface area contributed by atoms with Crippen LogP contribution < -0.4 is 10.1 Å². The molecule has 1 amide bonds. The summed E-state index contributed by atoms with van der Waals surface area (Å²) in [5.41, 5.74) is 2.25. The number of methoxy groups -OCH3 is 1. The highest BCUT2D eigenvalue weighted by Crippen LogP contribution is 2.26. The molecule has 5 nitrogen and oxygen atoms in total. The van der Waals surface area contributed by atoms with Gasteiger partial charge in [0, 0.05) is 24.7 Å². The smallest absolute Gasteiger partial charge is 0.239 e. The van der Waals surface area contributed by atoms with Crippen LogP contribution in [0.4, 0.5) is 0 Å². The summed E-state index contributed by atoms with van der Waals surface area (Å²) in [5.74, 6) is 0.971. The van der Waals surface area contributed by atoms with E-state index in [1.165, 1.54) is 5.56 Å². The average Bonchev–Trinajstić information content (AvgIpc) is 2.54. The molecule has 0 spiro atoms. The minimum Gasteiger partial charge on any atom is -0.496 e. The van der Waals surface area contributed by atoms with E-state index < -0.39 is 0 Å². The number of benzene rings is 1. The molecule has 1 saturated heterocycles. The molecule has 0 aliphatic carbocycles. The molecule has 122 valence electrons. The van der Waals surface area contributed by atoms with Crippen molar-refractivity contribution >= 4 is 5.91 Å². The van der Waals surface area contributed by atoms with Gasteiger partial charge >= 0.3 is 0 Å². The molecule has 1 aromatic carbocycles. The molecule has 1 fully saturated rings. The van der Waals surface area contributed by atoms with Gasteiger partial charge in [-0.2, -0.15) is 0 Å². The predicted molar refractivity (Wildman–Crippen MR) is 86.1 cm³/mol. The summed E-state index contributed by atoms with van der Waals surface area (Å²) in [6.45, 7) is 8.62. The topological polar surface area (TPSA) is 50.8 Å². The van der Waals surface area contributed by atoms with Gasteiger partial charge in [-0.25, -0.2) is 0 Å². The Morgan fingerprint density at radius 3 is 2.64 bits per heavy atom. The van der Waals surface area contributed by atoms with Crippen molar-refractivity contribution in [2.45, 2.75) is 32.9 Å². The van der Waals surface area contributed by atoms with Gasteiger partial charge in [0.15, 0.2) is 0 Å². The number of morpholine rings is 1. The Kier molecular flexibility index (Phi) is 5.80. The lowest BCUT2D eigenvalue weighted by atomic mass is 10.0. The van der Waals surface area contributed by atoms with Gasteiger partial charge in [0.1, 0.15) is 5.75 Å². The number of nitrogens with one attached hydrogen (secondary N) is 1. The number of rotatable bonds is 5. The lowest BCUT2D eigenvalue weighted by Crippen LogP contribution is -2.49. The van der Waals surface area contributed by atoms with Crippen LogP contribution in [0.25, 0.3) is 0 Å². The highest BCUT2D eigenvalue weighted by molar-refractivity contribution is 5.81. The van der Waals surface area contributed by atoms with E-state index in [9.17, 15) is 4.79 Å². The van der Waals surface area contributed by atoms with Crippen LogP contribution in [-0.2, 0) is 9.53 Å². The van der Waals surface area contributed by atoms with Gasteiger partial charge in [0.05, 0.1) is 26.4 Å². The molecule has 1 aliphatic heterocycles. The third kappa shape index (κ3) is 3.99. The molecule has 0 saturated carbocycles. The summed E-state index contributed by atoms with van der Waals surface area (Å²) in [5, 5.41) is 3.38. The second-order valence-electron chi connectivity index (χ2n) is 5.79. The van der Waals surface area contributed by atoms with Crippen molar-refractivity contribution in [2.75, 3.05) is 33.4 Å². The van der Waals surface area contributed by atoms with E-state index in [4.69, 9.17) is 9.47 Å². The minimum absolute atomic E-state index is 0.0369. The van der Waals surface area contributed by atoms with Gasteiger partial charge in [-0.05, 0) is 26.8 Å². The quantitative estimate of drug-likeness (QED) is 0.903. The van der Waals surface area contributed by atoms with Crippen molar-refractivity contribution in [3.8, 4) is 5.75 Å². The molecule has 0 bridgehead atoms. The van der Waals surface area contributed by atoms with Crippen molar-refractivity contribution in [3.05, 3.63) is 29.3 Å². The summed E-state index contributed by atoms with van der Waals surface area (Å²) in [6.07, 6.45) is 0. The zero-order valence-corrected chi connectivity index (χ0v) is 13.9.